The van der Waals surface area contributed by atoms with Gasteiger partial charge in [-0.2, -0.15) is 0 Å². The average molecular weight is 410 g/mol. The summed E-state index contributed by atoms with van der Waals surface area (Å²) < 4.78 is 10.4. The van der Waals surface area contributed by atoms with Crippen molar-refractivity contribution in [3.63, 3.8) is 0 Å². The highest BCUT2D eigenvalue weighted by Gasteiger charge is 2.38. The number of hydrogen-bond acceptors (Lipinski definition) is 5. The summed E-state index contributed by atoms with van der Waals surface area (Å²) in [7, 11) is 1.65. The van der Waals surface area contributed by atoms with Crippen molar-refractivity contribution in [3.8, 4) is 5.75 Å². The molecule has 0 bridgehead atoms. The van der Waals surface area contributed by atoms with Crippen LogP contribution in [0.25, 0.3) is 10.8 Å². The number of fused-ring (bicyclic) bond motifs is 1. The van der Waals surface area contributed by atoms with Crippen LogP contribution in [0, 0.1) is 0 Å². The van der Waals surface area contributed by atoms with Gasteiger partial charge in [0.05, 0.1) is 13.7 Å². The van der Waals surface area contributed by atoms with Gasteiger partial charge in [-0.15, -0.1) is 0 Å². The molecule has 2 aromatic rings. The molecular formula is C23H26N2O5. The van der Waals surface area contributed by atoms with Gasteiger partial charge in [0.2, 0.25) is 11.8 Å². The molecule has 7 nitrogen and oxygen atoms in total. The molecule has 2 aliphatic heterocycles. The number of ether oxygens (including phenoxy) is 2. The lowest BCUT2D eigenvalue weighted by molar-refractivity contribution is -0.141. The van der Waals surface area contributed by atoms with Gasteiger partial charge < -0.3 is 20.1 Å². The molecule has 0 saturated carbocycles. The molecule has 7 heteroatoms. The number of carbonyl (C=O) groups is 3. The topological polar surface area (TPSA) is 93.7 Å². The fourth-order valence-electron chi connectivity index (χ4n) is 4.46. The maximum absolute atomic E-state index is 12.4. The minimum atomic E-state index is -0.558. The molecule has 2 saturated heterocycles. The van der Waals surface area contributed by atoms with Crippen molar-refractivity contribution in [1.82, 2.24) is 10.6 Å². The van der Waals surface area contributed by atoms with E-state index < -0.39 is 11.6 Å². The molecule has 2 atom stereocenters. The van der Waals surface area contributed by atoms with E-state index in [0.717, 1.165) is 22.1 Å². The lowest BCUT2D eigenvalue weighted by atomic mass is 9.83. The van der Waals surface area contributed by atoms with E-state index in [4.69, 9.17) is 9.47 Å². The average Bonchev–Trinajstić information content (AvgIpc) is 3.32. The molecule has 30 heavy (non-hydrogen) atoms. The first-order valence-electron chi connectivity index (χ1n) is 10.3. The number of esters is 1. The van der Waals surface area contributed by atoms with Gasteiger partial charge in [0, 0.05) is 30.2 Å². The first-order valence-corrected chi connectivity index (χ1v) is 10.3. The quantitative estimate of drug-likeness (QED) is 0.683. The van der Waals surface area contributed by atoms with Crippen LogP contribution in [0.3, 0.4) is 0 Å². The Morgan fingerprint density at radius 2 is 2.03 bits per heavy atom. The van der Waals surface area contributed by atoms with Crippen molar-refractivity contribution < 1.29 is 23.9 Å². The van der Waals surface area contributed by atoms with Crippen molar-refractivity contribution in [1.29, 1.82) is 0 Å². The van der Waals surface area contributed by atoms with E-state index in [1.54, 1.807) is 7.11 Å². The Labute approximate surface area is 175 Å². The fourth-order valence-corrected chi connectivity index (χ4v) is 4.46. The van der Waals surface area contributed by atoms with Crippen LogP contribution in [-0.2, 0) is 25.5 Å². The maximum Gasteiger partial charge on any atom is 0.328 e. The monoisotopic (exact) mass is 410 g/mol. The highest BCUT2D eigenvalue weighted by molar-refractivity contribution is 5.91. The molecule has 2 fully saturated rings. The van der Waals surface area contributed by atoms with Crippen LogP contribution in [0.5, 0.6) is 5.75 Å². The molecule has 2 N–H and O–H groups in total. The van der Waals surface area contributed by atoms with Crippen LogP contribution in [0.1, 0.15) is 37.7 Å². The van der Waals surface area contributed by atoms with Gasteiger partial charge in [-0.1, -0.05) is 30.3 Å². The number of rotatable bonds is 7. The summed E-state index contributed by atoms with van der Waals surface area (Å²) in [4.78, 5) is 36.1. The molecule has 2 amide bonds. The predicted octanol–water partition coefficient (Wildman–Crippen LogP) is 2.25. The zero-order chi connectivity index (χ0) is 21.1. The molecule has 158 valence electrons. The number of amides is 2. The summed E-state index contributed by atoms with van der Waals surface area (Å²) in [5.41, 5.74) is 0.621. The van der Waals surface area contributed by atoms with Crippen LogP contribution in [0.2, 0.25) is 0 Å². The number of hydrogen-bond donors (Lipinski definition) is 2. The van der Waals surface area contributed by atoms with Gasteiger partial charge in [0.15, 0.2) is 0 Å². The highest BCUT2D eigenvalue weighted by Crippen LogP contribution is 2.34. The van der Waals surface area contributed by atoms with Crippen molar-refractivity contribution >= 4 is 28.6 Å². The van der Waals surface area contributed by atoms with Gasteiger partial charge in [0.25, 0.3) is 0 Å². The number of benzene rings is 2. The van der Waals surface area contributed by atoms with Gasteiger partial charge in [-0.3, -0.25) is 9.59 Å². The van der Waals surface area contributed by atoms with Crippen LogP contribution in [0.4, 0.5) is 0 Å². The van der Waals surface area contributed by atoms with Gasteiger partial charge >= 0.3 is 5.97 Å². The van der Waals surface area contributed by atoms with Crippen molar-refractivity contribution in [3.05, 3.63) is 42.0 Å². The number of nitrogens with one attached hydrogen (secondary N) is 2. The second kappa shape index (κ2) is 8.34. The molecule has 2 aromatic carbocycles. The van der Waals surface area contributed by atoms with Gasteiger partial charge in [-0.05, 0) is 36.3 Å². The summed E-state index contributed by atoms with van der Waals surface area (Å²) in [5, 5.41) is 7.97. The third-order valence-corrected chi connectivity index (χ3v) is 6.06. The number of methoxy groups -OCH3 is 1. The highest BCUT2D eigenvalue weighted by atomic mass is 16.5. The lowest BCUT2D eigenvalue weighted by Gasteiger charge is -2.30. The van der Waals surface area contributed by atoms with Crippen LogP contribution in [-0.4, -0.2) is 43.1 Å². The maximum atomic E-state index is 12.4. The minimum absolute atomic E-state index is 0.00703. The zero-order valence-electron chi connectivity index (χ0n) is 17.0. The fraction of sp³-hybridized carbons (Fsp3) is 0.435. The molecule has 0 spiro atoms. The Hall–Kier alpha value is -3.09. The summed E-state index contributed by atoms with van der Waals surface area (Å²) >= 11 is 0. The zero-order valence-corrected chi connectivity index (χ0v) is 17.0. The van der Waals surface area contributed by atoms with E-state index in [1.165, 1.54) is 0 Å². The second-order valence-corrected chi connectivity index (χ2v) is 8.05. The van der Waals surface area contributed by atoms with Crippen LogP contribution in [0.15, 0.2) is 36.4 Å². The lowest BCUT2D eigenvalue weighted by Crippen LogP contribution is -2.45. The smallest absolute Gasteiger partial charge is 0.328 e. The SMILES string of the molecule is COc1ccc(CC2(CCC(=O)NC3CCOC3=O)CCC(=O)N2)c2ccccc12. The summed E-state index contributed by atoms with van der Waals surface area (Å²) in [6.45, 7) is 0.342. The number of cyclic esters (lactones) is 1. The Morgan fingerprint density at radius 3 is 2.70 bits per heavy atom. The largest absolute Gasteiger partial charge is 0.496 e. The van der Waals surface area contributed by atoms with Crippen molar-refractivity contribution in [2.24, 2.45) is 0 Å². The third kappa shape index (κ3) is 4.10. The van der Waals surface area contributed by atoms with E-state index in [1.807, 2.05) is 30.3 Å². The van der Waals surface area contributed by atoms with Crippen molar-refractivity contribution in [2.75, 3.05) is 13.7 Å². The van der Waals surface area contributed by atoms with E-state index >= 15 is 0 Å². The Kier molecular flexibility index (Phi) is 5.61. The van der Waals surface area contributed by atoms with E-state index in [2.05, 4.69) is 16.7 Å². The van der Waals surface area contributed by atoms with E-state index in [0.29, 0.717) is 38.7 Å². The standard InChI is InChI=1S/C23H26N2O5/c1-29-19-7-6-15(16-4-2-3-5-17(16)19)14-23(12-9-21(27)25-23)11-8-20(26)24-18-10-13-30-22(18)28/h2-7,18H,8-14H2,1H3,(H,24,26)(H,25,27). The predicted molar refractivity (Wildman–Crippen MR) is 111 cm³/mol. The normalized spacial score (nSPS) is 23.3. The van der Waals surface area contributed by atoms with Gasteiger partial charge in [-0.25, -0.2) is 4.79 Å². The molecular weight excluding hydrogens is 384 g/mol. The summed E-state index contributed by atoms with van der Waals surface area (Å²) in [6.07, 6.45) is 2.99. The number of carbonyl (C=O) groups excluding carboxylic acids is 3. The molecule has 0 radical (unpaired) electrons. The van der Waals surface area contributed by atoms with Crippen LogP contribution >= 0.6 is 0 Å². The van der Waals surface area contributed by atoms with Gasteiger partial charge in [0.1, 0.15) is 11.8 Å². The third-order valence-electron chi connectivity index (χ3n) is 6.06. The first-order chi connectivity index (χ1) is 14.5. The van der Waals surface area contributed by atoms with E-state index in [9.17, 15) is 14.4 Å². The second-order valence-electron chi connectivity index (χ2n) is 8.05. The first kappa shape index (κ1) is 20.2. The Morgan fingerprint density at radius 1 is 1.23 bits per heavy atom. The summed E-state index contributed by atoms with van der Waals surface area (Å²) in [5.74, 6) is 0.241. The van der Waals surface area contributed by atoms with Crippen molar-refractivity contribution in [2.45, 2.75) is 50.1 Å². The van der Waals surface area contributed by atoms with E-state index in [-0.39, 0.29) is 24.2 Å². The summed E-state index contributed by atoms with van der Waals surface area (Å²) in [6, 6.07) is 11.4. The molecule has 2 unspecified atom stereocenters. The molecule has 4 rings (SSSR count). The Balaban J connectivity index is 1.52. The molecule has 2 aliphatic rings. The molecule has 0 aromatic heterocycles. The Bertz CT molecular complexity index is 989. The molecule has 0 aliphatic carbocycles. The van der Waals surface area contributed by atoms with Crippen LogP contribution < -0.4 is 15.4 Å². The molecule has 2 heterocycles. The minimum Gasteiger partial charge on any atom is -0.496 e.